The number of hydrogen-bond acceptors (Lipinski definition) is 12. The van der Waals surface area contributed by atoms with Crippen molar-refractivity contribution in [2.24, 2.45) is 10.8 Å². The summed E-state index contributed by atoms with van der Waals surface area (Å²) in [6.45, 7) is 2.88. The Kier molecular flexibility index (Phi) is 19.1. The van der Waals surface area contributed by atoms with Crippen molar-refractivity contribution in [3.8, 4) is 23.1 Å². The molecule has 5 heterocycles. The number of carbonyl (C=O) groups is 4. The Hall–Kier alpha value is -6.89. The topological polar surface area (TPSA) is 199 Å². The van der Waals surface area contributed by atoms with E-state index in [1.165, 1.54) is 26.0 Å². The number of halogens is 10. The molecule has 2 aromatic carbocycles. The molecule has 3 saturated heterocycles. The van der Waals surface area contributed by atoms with E-state index in [1.807, 2.05) is 5.32 Å². The van der Waals surface area contributed by atoms with E-state index in [2.05, 4.69) is 52.8 Å². The van der Waals surface area contributed by atoms with Crippen molar-refractivity contribution >= 4 is 29.6 Å². The van der Waals surface area contributed by atoms with E-state index in [-0.39, 0.29) is 22.4 Å². The van der Waals surface area contributed by atoms with Crippen molar-refractivity contribution in [1.29, 1.82) is 0 Å². The van der Waals surface area contributed by atoms with E-state index < -0.39 is 121 Å². The third-order valence-corrected chi connectivity index (χ3v) is 15.0. The van der Waals surface area contributed by atoms with Gasteiger partial charge >= 0.3 is 18.9 Å². The molecule has 3 fully saturated rings. The van der Waals surface area contributed by atoms with E-state index in [0.717, 1.165) is 51.4 Å². The van der Waals surface area contributed by atoms with E-state index >= 15 is 8.78 Å². The number of ether oxygens (including phenoxy) is 1. The molecule has 2 bridgehead atoms. The molecule has 4 amide bonds. The molecule has 27 heteroatoms. The fourth-order valence-corrected chi connectivity index (χ4v) is 9.73. The Morgan fingerprint density at radius 1 is 0.765 bits per heavy atom. The lowest BCUT2D eigenvalue weighted by Gasteiger charge is -2.47. The highest BCUT2D eigenvalue weighted by molar-refractivity contribution is 5.89. The first-order chi connectivity index (χ1) is 38.0. The maximum absolute atomic E-state index is 16.1. The smallest absolute Gasteiger partial charge is 0.390 e. The zero-order valence-corrected chi connectivity index (χ0v) is 45.1. The highest BCUT2D eigenvalue weighted by Gasteiger charge is 2.57. The molecule has 17 nitrogen and oxygen atoms in total. The van der Waals surface area contributed by atoms with Crippen LogP contribution >= 0.6 is 0 Å². The number of hydrogen-bond donors (Lipinski definition) is 5. The summed E-state index contributed by atoms with van der Waals surface area (Å²) in [4.78, 5) is 67.3. The molecule has 3 aliphatic rings. The van der Waals surface area contributed by atoms with Gasteiger partial charge < -0.3 is 30.7 Å². The van der Waals surface area contributed by atoms with Gasteiger partial charge in [0.05, 0.1) is 53.5 Å². The van der Waals surface area contributed by atoms with Crippen molar-refractivity contribution in [2.75, 3.05) is 37.7 Å². The summed E-state index contributed by atoms with van der Waals surface area (Å²) in [5.74, 6) is -1.25. The van der Waals surface area contributed by atoms with Gasteiger partial charge in [-0.1, -0.05) is 37.8 Å². The number of alkyl halides is 8. The zero-order valence-electron chi connectivity index (χ0n) is 45.1. The third kappa shape index (κ3) is 14.4. The number of rotatable bonds is 21. The minimum Gasteiger partial charge on any atom is -0.390 e. The Morgan fingerprint density at radius 2 is 1.30 bits per heavy atom. The van der Waals surface area contributed by atoms with Crippen LogP contribution in [-0.4, -0.2) is 146 Å². The Labute approximate surface area is 460 Å². The molecule has 4 aromatic rings. The van der Waals surface area contributed by atoms with Crippen molar-refractivity contribution < 1.29 is 72.9 Å². The van der Waals surface area contributed by atoms with Crippen LogP contribution in [0.25, 0.3) is 11.3 Å². The predicted molar refractivity (Wildman–Crippen MR) is 273 cm³/mol. The van der Waals surface area contributed by atoms with Gasteiger partial charge in [-0.15, -0.1) is 0 Å². The SMILES string of the molecule is CCC(=O)NC(C(=O)N[C@@H](Cc1ccc(C#Cc2cnc(N3CC4CCC(C3)N4C3COC3)nc2)cc1)[C@@H](O)CN(Cc1c(F)cc(-c2ccn(C(F)F)n2)cc1F)NC(=O)[C@@H](NC(=O)CC)C(C)(C)C(F)(F)F)C(C)(C)C(F)(F)F. The molecule has 6 atom stereocenters. The number of hydrazine groups is 1. The standard InChI is InChI=1S/C54H63F10N11O6/c1-7-43(77)68-45(51(3,4)53(59,60)61)47(79)67-41(19-31-12-9-30(10-13-31)11-14-32-22-65-50(66-23-32)72-24-34-15-16-35(25-72)75(34)36-28-81-29-36)42(76)27-73(71-48(80)46(69-44(78)8-2)52(5,6)54(62,63)64)26-37-38(55)20-33(21-39(37)56)40-17-18-74(70-40)49(57)58/h9-10,12-13,17-18,20-23,34-36,41-42,45-46,49,76H,7-8,15-16,19,24-29H2,1-6H3,(H,67,79)(H,68,77)(H,69,78)(H,71,80)/t34?,35?,41-,42-,45?,46+/m0/s1. The number of aliphatic hydroxyl groups excluding tert-OH is 1. The second-order valence-electron chi connectivity index (χ2n) is 21.4. The summed E-state index contributed by atoms with van der Waals surface area (Å²) in [6.07, 6.45) is -7.37. The summed E-state index contributed by atoms with van der Waals surface area (Å²) < 4.78 is 152. The molecule has 3 aliphatic heterocycles. The lowest BCUT2D eigenvalue weighted by molar-refractivity contribution is -0.222. The fraction of sp³-hybridized carbons (Fsp3) is 0.537. The second-order valence-corrected chi connectivity index (χ2v) is 21.4. The number of aromatic nitrogens is 4. The number of nitrogens with one attached hydrogen (secondary N) is 4. The van der Waals surface area contributed by atoms with Crippen molar-refractivity contribution in [3.05, 3.63) is 94.9 Å². The highest BCUT2D eigenvalue weighted by Crippen LogP contribution is 2.42. The number of fused-ring (bicyclic) bond motifs is 2. The maximum atomic E-state index is 16.1. The number of piperazine rings is 1. The lowest BCUT2D eigenvalue weighted by atomic mass is 9.82. The Balaban J connectivity index is 1.18. The van der Waals surface area contributed by atoms with Gasteiger partial charge in [0.2, 0.25) is 23.7 Å². The van der Waals surface area contributed by atoms with Crippen LogP contribution in [0.1, 0.15) is 96.0 Å². The van der Waals surface area contributed by atoms with Gasteiger partial charge in [-0.3, -0.25) is 29.5 Å². The first-order valence-corrected chi connectivity index (χ1v) is 26.1. The van der Waals surface area contributed by atoms with E-state index in [0.29, 0.717) is 85.6 Å². The summed E-state index contributed by atoms with van der Waals surface area (Å²) >= 11 is 0. The number of benzene rings is 2. The van der Waals surface area contributed by atoms with Crippen LogP contribution in [0.3, 0.4) is 0 Å². The van der Waals surface area contributed by atoms with Gasteiger partial charge in [-0.05, 0) is 82.9 Å². The van der Waals surface area contributed by atoms with Crippen LogP contribution in [0, 0.1) is 34.3 Å². The van der Waals surface area contributed by atoms with Crippen LogP contribution < -0.4 is 26.3 Å². The van der Waals surface area contributed by atoms with Gasteiger partial charge in [0.25, 0.3) is 5.91 Å². The van der Waals surface area contributed by atoms with Gasteiger partial charge in [-0.2, -0.15) is 40.2 Å². The molecule has 81 heavy (non-hydrogen) atoms. The third-order valence-electron chi connectivity index (χ3n) is 15.0. The van der Waals surface area contributed by atoms with E-state index in [4.69, 9.17) is 4.74 Å². The minimum absolute atomic E-state index is 0.212. The summed E-state index contributed by atoms with van der Waals surface area (Å²) in [6, 6.07) is 3.24. The average molecular weight is 1150 g/mol. The normalized spacial score (nSPS) is 18.6. The number of anilines is 1. The van der Waals surface area contributed by atoms with Gasteiger partial charge in [-0.25, -0.2) is 28.4 Å². The first kappa shape index (κ1) is 61.7. The molecule has 7 rings (SSSR count). The summed E-state index contributed by atoms with van der Waals surface area (Å²) in [5.41, 5.74) is -4.18. The zero-order chi connectivity index (χ0) is 59.4. The van der Waals surface area contributed by atoms with E-state index in [1.54, 1.807) is 24.5 Å². The largest absolute Gasteiger partial charge is 0.396 e. The van der Waals surface area contributed by atoms with Crippen LogP contribution in [-0.2, 0) is 36.9 Å². The van der Waals surface area contributed by atoms with Crippen LogP contribution in [0.4, 0.5) is 49.9 Å². The first-order valence-electron chi connectivity index (χ1n) is 26.1. The highest BCUT2D eigenvalue weighted by atomic mass is 19.4. The van der Waals surface area contributed by atoms with Gasteiger partial charge in [0.15, 0.2) is 0 Å². The molecule has 0 aliphatic carbocycles. The molecule has 3 unspecified atom stereocenters. The fourth-order valence-electron chi connectivity index (χ4n) is 9.73. The molecule has 440 valence electrons. The Morgan fingerprint density at radius 3 is 1.78 bits per heavy atom. The number of nitrogens with zero attached hydrogens (tertiary/aromatic N) is 7. The second kappa shape index (κ2) is 25.1. The van der Waals surface area contributed by atoms with Crippen molar-refractivity contribution in [3.63, 3.8) is 0 Å². The molecule has 0 radical (unpaired) electrons. The van der Waals surface area contributed by atoms with Crippen LogP contribution in [0.2, 0.25) is 0 Å². The number of aliphatic hydroxyl groups is 1. The summed E-state index contributed by atoms with van der Waals surface area (Å²) in [7, 11) is 0. The number of amides is 4. The monoisotopic (exact) mass is 1150 g/mol. The van der Waals surface area contributed by atoms with Crippen molar-refractivity contribution in [1.82, 2.24) is 51.0 Å². The molecular formula is C54H63F10N11O6. The number of carbonyl (C=O) groups excluding carboxylic acids is 4. The van der Waals surface area contributed by atoms with Gasteiger partial charge in [0.1, 0.15) is 23.7 Å². The van der Waals surface area contributed by atoms with Crippen molar-refractivity contribution in [2.45, 2.75) is 141 Å². The molecule has 2 aromatic heterocycles. The Bertz CT molecular complexity index is 2910. The molecular weight excluding hydrogens is 1090 g/mol. The molecule has 0 spiro atoms. The maximum Gasteiger partial charge on any atom is 0.396 e. The van der Waals surface area contributed by atoms with E-state index in [9.17, 15) is 59.4 Å². The molecule has 5 N–H and O–H groups in total. The predicted octanol–water partition coefficient (Wildman–Crippen LogP) is 6.35. The van der Waals surface area contributed by atoms with Crippen LogP contribution in [0.15, 0.2) is 61.1 Å². The van der Waals surface area contributed by atoms with Gasteiger partial charge in [0, 0.05) is 86.4 Å². The quantitative estimate of drug-likeness (QED) is 0.0353. The van der Waals surface area contributed by atoms with Crippen LogP contribution in [0.5, 0.6) is 0 Å². The lowest BCUT2D eigenvalue weighted by Crippen LogP contribution is -2.63. The molecule has 0 saturated carbocycles. The minimum atomic E-state index is -5.17. The summed E-state index contributed by atoms with van der Waals surface area (Å²) in [5, 5.41) is 22.7. The average Bonchev–Trinajstić information content (AvgIpc) is 3.98.